The Kier molecular flexibility index (Phi) is 5.75. The number of hydrogen-bond acceptors (Lipinski definition) is 7. The lowest BCUT2D eigenvalue weighted by molar-refractivity contribution is 0.0364. The summed E-state index contributed by atoms with van der Waals surface area (Å²) in [6.45, 7) is 3.96. The average molecular weight is 513 g/mol. The topological polar surface area (TPSA) is 90.7 Å². The van der Waals surface area contributed by atoms with Crippen LogP contribution in [-0.2, 0) is 11.3 Å². The molecule has 0 aliphatic carbocycles. The van der Waals surface area contributed by atoms with Crippen LogP contribution in [0.15, 0.2) is 52.0 Å². The van der Waals surface area contributed by atoms with Crippen LogP contribution in [0.25, 0.3) is 39.5 Å². The standard InChI is InChI=1S/C24H19ClF2N6O3/c25-14-1-4-18-19(11-14)32(6-5-31-7-9-35-10-8-31)24(34)21-20(28-13-33(18)21)23-29-22(30-36-23)16-3-2-15(26)12-17(16)27/h1-4,11-13H,5-10H2. The van der Waals surface area contributed by atoms with Gasteiger partial charge in [0.05, 0.1) is 29.8 Å². The molecule has 0 atom stereocenters. The summed E-state index contributed by atoms with van der Waals surface area (Å²) in [5, 5.41) is 4.32. The molecule has 0 spiro atoms. The van der Waals surface area contributed by atoms with Gasteiger partial charge in [-0.15, -0.1) is 0 Å². The molecule has 0 amide bonds. The van der Waals surface area contributed by atoms with Crippen LogP contribution in [0.3, 0.4) is 0 Å². The molecule has 1 aliphatic rings. The van der Waals surface area contributed by atoms with Gasteiger partial charge in [-0.05, 0) is 30.3 Å². The molecule has 9 nitrogen and oxygen atoms in total. The molecule has 2 aromatic carbocycles. The third kappa shape index (κ3) is 3.94. The van der Waals surface area contributed by atoms with Crippen LogP contribution in [-0.4, -0.2) is 61.8 Å². The molecule has 4 heterocycles. The first kappa shape index (κ1) is 22.8. The van der Waals surface area contributed by atoms with E-state index in [1.54, 1.807) is 21.1 Å². The fourth-order valence-electron chi connectivity index (χ4n) is 4.43. The second-order valence-corrected chi connectivity index (χ2v) is 8.84. The summed E-state index contributed by atoms with van der Waals surface area (Å²) in [6.07, 6.45) is 1.50. The van der Waals surface area contributed by atoms with Crippen LogP contribution in [0.5, 0.6) is 0 Å². The molecule has 12 heteroatoms. The van der Waals surface area contributed by atoms with Gasteiger partial charge in [0.15, 0.2) is 5.69 Å². The van der Waals surface area contributed by atoms with Crippen molar-refractivity contribution in [3.63, 3.8) is 0 Å². The number of nitrogens with zero attached hydrogens (tertiary/aromatic N) is 6. The predicted molar refractivity (Wildman–Crippen MR) is 128 cm³/mol. The second kappa shape index (κ2) is 9.08. The molecule has 36 heavy (non-hydrogen) atoms. The van der Waals surface area contributed by atoms with Crippen LogP contribution < -0.4 is 5.56 Å². The number of imidazole rings is 1. The normalized spacial score (nSPS) is 14.8. The largest absolute Gasteiger partial charge is 0.379 e. The van der Waals surface area contributed by atoms with Gasteiger partial charge >= 0.3 is 0 Å². The number of ether oxygens (including phenoxy) is 1. The monoisotopic (exact) mass is 512 g/mol. The van der Waals surface area contributed by atoms with Crippen molar-refractivity contribution in [2.45, 2.75) is 6.54 Å². The zero-order chi connectivity index (χ0) is 24.8. The molecule has 1 aliphatic heterocycles. The molecule has 6 rings (SSSR count). The molecule has 5 aromatic rings. The van der Waals surface area contributed by atoms with Crippen molar-refractivity contribution >= 4 is 28.2 Å². The summed E-state index contributed by atoms with van der Waals surface area (Å²) in [7, 11) is 0. The van der Waals surface area contributed by atoms with E-state index in [0.29, 0.717) is 36.8 Å². The predicted octanol–water partition coefficient (Wildman–Crippen LogP) is 3.63. The number of benzene rings is 2. The van der Waals surface area contributed by atoms with Crippen molar-refractivity contribution < 1.29 is 18.0 Å². The van der Waals surface area contributed by atoms with E-state index in [9.17, 15) is 13.6 Å². The van der Waals surface area contributed by atoms with Gasteiger partial charge in [0.2, 0.25) is 5.82 Å². The van der Waals surface area contributed by atoms with E-state index in [1.165, 1.54) is 12.4 Å². The van der Waals surface area contributed by atoms with E-state index in [2.05, 4.69) is 20.0 Å². The van der Waals surface area contributed by atoms with Gasteiger partial charge in [-0.3, -0.25) is 14.1 Å². The lowest BCUT2D eigenvalue weighted by atomic mass is 10.2. The highest BCUT2D eigenvalue weighted by atomic mass is 35.5. The molecule has 1 saturated heterocycles. The molecule has 1 fully saturated rings. The summed E-state index contributed by atoms with van der Waals surface area (Å²) in [5.74, 6) is -1.68. The molecule has 184 valence electrons. The van der Waals surface area contributed by atoms with E-state index >= 15 is 0 Å². The molecule has 3 aromatic heterocycles. The molecule has 0 unspecified atom stereocenters. The van der Waals surface area contributed by atoms with Gasteiger partial charge in [-0.1, -0.05) is 16.8 Å². The zero-order valence-electron chi connectivity index (χ0n) is 18.8. The molecule has 0 radical (unpaired) electrons. The van der Waals surface area contributed by atoms with Crippen molar-refractivity contribution in [1.82, 2.24) is 29.0 Å². The number of fused-ring (bicyclic) bond motifs is 3. The Morgan fingerprint density at radius 2 is 1.86 bits per heavy atom. The Balaban J connectivity index is 1.47. The first-order chi connectivity index (χ1) is 17.5. The highest BCUT2D eigenvalue weighted by molar-refractivity contribution is 6.31. The molecule has 0 N–H and O–H groups in total. The van der Waals surface area contributed by atoms with Crippen LogP contribution in [0.2, 0.25) is 5.02 Å². The van der Waals surface area contributed by atoms with Crippen molar-refractivity contribution in [1.29, 1.82) is 0 Å². The Hall–Kier alpha value is -3.67. The maximum Gasteiger partial charge on any atom is 0.279 e. The van der Waals surface area contributed by atoms with E-state index in [1.807, 2.05) is 6.07 Å². The van der Waals surface area contributed by atoms with Crippen molar-refractivity contribution in [3.05, 3.63) is 69.7 Å². The molecule has 0 bridgehead atoms. The van der Waals surface area contributed by atoms with E-state index in [0.717, 1.165) is 30.7 Å². The third-order valence-corrected chi connectivity index (χ3v) is 6.48. The Bertz CT molecular complexity index is 1660. The minimum absolute atomic E-state index is 0.0297. The van der Waals surface area contributed by atoms with Gasteiger partial charge in [0, 0.05) is 37.3 Å². The first-order valence-corrected chi connectivity index (χ1v) is 11.7. The van der Waals surface area contributed by atoms with Gasteiger partial charge < -0.3 is 13.8 Å². The van der Waals surface area contributed by atoms with E-state index in [4.69, 9.17) is 20.9 Å². The number of halogens is 3. The molecular weight excluding hydrogens is 494 g/mol. The maximum atomic E-state index is 14.2. The summed E-state index contributed by atoms with van der Waals surface area (Å²) in [4.78, 5) is 24.6. The average Bonchev–Trinajstić information content (AvgIpc) is 3.52. The summed E-state index contributed by atoms with van der Waals surface area (Å²) < 4.78 is 41.6. The van der Waals surface area contributed by atoms with E-state index < -0.39 is 11.6 Å². The highest BCUT2D eigenvalue weighted by Crippen LogP contribution is 2.28. The van der Waals surface area contributed by atoms with Gasteiger partial charge in [-0.25, -0.2) is 13.8 Å². The van der Waals surface area contributed by atoms with Gasteiger partial charge in [-0.2, -0.15) is 4.98 Å². The van der Waals surface area contributed by atoms with Gasteiger partial charge in [0.25, 0.3) is 11.4 Å². The highest BCUT2D eigenvalue weighted by Gasteiger charge is 2.23. The van der Waals surface area contributed by atoms with Gasteiger partial charge in [0.1, 0.15) is 23.5 Å². The minimum Gasteiger partial charge on any atom is -0.379 e. The number of aromatic nitrogens is 5. The lowest BCUT2D eigenvalue weighted by Gasteiger charge is -2.27. The maximum absolute atomic E-state index is 14.2. The molecule has 0 saturated carbocycles. The fourth-order valence-corrected chi connectivity index (χ4v) is 4.60. The summed E-state index contributed by atoms with van der Waals surface area (Å²) in [6, 6.07) is 8.36. The molecular formula is C24H19ClF2N6O3. The summed E-state index contributed by atoms with van der Waals surface area (Å²) in [5.41, 5.74) is 1.45. The summed E-state index contributed by atoms with van der Waals surface area (Å²) >= 11 is 6.27. The Morgan fingerprint density at radius 3 is 2.67 bits per heavy atom. The zero-order valence-corrected chi connectivity index (χ0v) is 19.6. The van der Waals surface area contributed by atoms with Crippen molar-refractivity contribution in [3.8, 4) is 23.0 Å². The first-order valence-electron chi connectivity index (χ1n) is 11.3. The third-order valence-electron chi connectivity index (χ3n) is 6.25. The SMILES string of the molecule is O=c1c2c(-c3nc(-c4ccc(F)cc4F)no3)ncn2c2ccc(Cl)cc2n1CCN1CCOCC1. The van der Waals surface area contributed by atoms with Crippen LogP contribution >= 0.6 is 11.6 Å². The number of morpholine rings is 1. The smallest absolute Gasteiger partial charge is 0.279 e. The van der Waals surface area contributed by atoms with Crippen LogP contribution in [0, 0.1) is 11.6 Å². The van der Waals surface area contributed by atoms with Crippen LogP contribution in [0.4, 0.5) is 8.78 Å². The van der Waals surface area contributed by atoms with E-state index in [-0.39, 0.29) is 34.0 Å². The minimum atomic E-state index is -0.828. The number of hydrogen-bond donors (Lipinski definition) is 0. The second-order valence-electron chi connectivity index (χ2n) is 8.40. The van der Waals surface area contributed by atoms with Crippen molar-refractivity contribution in [2.24, 2.45) is 0 Å². The fraction of sp³-hybridized carbons (Fsp3) is 0.250. The van der Waals surface area contributed by atoms with Crippen molar-refractivity contribution in [2.75, 3.05) is 32.8 Å². The Morgan fingerprint density at radius 1 is 1.03 bits per heavy atom. The Labute approximate surface area is 207 Å². The quantitative estimate of drug-likeness (QED) is 0.355. The van der Waals surface area contributed by atoms with Crippen LogP contribution in [0.1, 0.15) is 0 Å². The lowest BCUT2D eigenvalue weighted by Crippen LogP contribution is -2.39. The number of rotatable bonds is 5.